The molecule has 0 aliphatic heterocycles. The maximum absolute atomic E-state index is 12.5. The second-order valence-corrected chi connectivity index (χ2v) is 7.08. The third-order valence-corrected chi connectivity index (χ3v) is 4.64. The molecule has 3 rings (SSSR count). The molecule has 0 saturated carbocycles. The smallest absolute Gasteiger partial charge is 0.313 e. The number of benzene rings is 2. The molecular weight excluding hydrogens is 420 g/mol. The number of rotatable bonds is 7. The molecule has 1 aromatic heterocycles. The number of hydrogen-bond donors (Lipinski definition) is 3. The third kappa shape index (κ3) is 6.67. The maximum Gasteiger partial charge on any atom is 0.313 e. The van der Waals surface area contributed by atoms with E-state index < -0.39 is 17.7 Å². The second kappa shape index (κ2) is 11.1. The van der Waals surface area contributed by atoms with Gasteiger partial charge in [-0.1, -0.05) is 48.5 Å². The molecule has 0 aliphatic rings. The molecule has 33 heavy (non-hydrogen) atoms. The van der Waals surface area contributed by atoms with Crippen molar-refractivity contribution in [3.63, 3.8) is 0 Å². The van der Waals surface area contributed by atoms with Crippen molar-refractivity contribution < 1.29 is 18.8 Å². The van der Waals surface area contributed by atoms with Gasteiger partial charge in [-0.2, -0.15) is 5.26 Å². The van der Waals surface area contributed by atoms with Gasteiger partial charge in [0.05, 0.1) is 12.6 Å². The van der Waals surface area contributed by atoms with Crippen LogP contribution in [0.15, 0.2) is 82.8 Å². The standard InChI is InChI=1S/C25H22N4O4/c1-17(18-8-4-2-5-9-18)28-23(30)19(15-26)14-21-12-13-22(33-21)16-27-24(31)25(32)29-20-10-6-3-7-11-20/h2-14,17H,16H2,1H3,(H,27,31)(H,28,30)(H,29,32)/b19-14-/t17-/m0/s1. The zero-order chi connectivity index (χ0) is 23.6. The first-order valence-electron chi connectivity index (χ1n) is 10.2. The first kappa shape index (κ1) is 23.0. The summed E-state index contributed by atoms with van der Waals surface area (Å²) in [6.45, 7) is 1.79. The minimum Gasteiger partial charge on any atom is -0.460 e. The number of anilines is 1. The fraction of sp³-hybridized carbons (Fsp3) is 0.120. The van der Waals surface area contributed by atoms with E-state index in [0.29, 0.717) is 11.4 Å². The Bertz CT molecular complexity index is 1190. The molecule has 1 heterocycles. The van der Waals surface area contributed by atoms with E-state index in [4.69, 9.17) is 4.42 Å². The van der Waals surface area contributed by atoms with Gasteiger partial charge < -0.3 is 20.4 Å². The predicted octanol–water partition coefficient (Wildman–Crippen LogP) is 3.32. The van der Waals surface area contributed by atoms with Crippen molar-refractivity contribution in [1.82, 2.24) is 10.6 Å². The summed E-state index contributed by atoms with van der Waals surface area (Å²) < 4.78 is 5.55. The number of para-hydroxylation sites is 1. The van der Waals surface area contributed by atoms with Crippen LogP contribution in [0.1, 0.15) is 30.0 Å². The quantitative estimate of drug-likeness (QED) is 0.294. The Kier molecular flexibility index (Phi) is 7.76. The van der Waals surface area contributed by atoms with E-state index in [1.165, 1.54) is 6.08 Å². The SMILES string of the molecule is C[C@H](NC(=O)/C(C#N)=C\c1ccc(CNC(=O)C(=O)Nc2ccccc2)o1)c1ccccc1. The van der Waals surface area contributed by atoms with E-state index in [-0.39, 0.29) is 23.9 Å². The number of nitriles is 1. The van der Waals surface area contributed by atoms with Crippen LogP contribution < -0.4 is 16.0 Å². The number of carbonyl (C=O) groups is 3. The van der Waals surface area contributed by atoms with Gasteiger partial charge in [0, 0.05) is 11.8 Å². The van der Waals surface area contributed by atoms with Gasteiger partial charge in [0.1, 0.15) is 23.2 Å². The van der Waals surface area contributed by atoms with Gasteiger partial charge in [0.15, 0.2) is 0 Å². The number of nitrogens with one attached hydrogen (secondary N) is 3. The van der Waals surface area contributed by atoms with Crippen LogP contribution in [-0.2, 0) is 20.9 Å². The predicted molar refractivity (Wildman–Crippen MR) is 122 cm³/mol. The summed E-state index contributed by atoms with van der Waals surface area (Å²) in [6.07, 6.45) is 1.32. The van der Waals surface area contributed by atoms with Crippen LogP contribution in [0.25, 0.3) is 6.08 Å². The molecule has 8 heteroatoms. The molecule has 3 aromatic rings. The first-order valence-corrected chi connectivity index (χ1v) is 10.2. The Morgan fingerprint density at radius 2 is 1.61 bits per heavy atom. The third-order valence-electron chi connectivity index (χ3n) is 4.64. The van der Waals surface area contributed by atoms with E-state index in [2.05, 4.69) is 16.0 Å². The van der Waals surface area contributed by atoms with Crippen molar-refractivity contribution in [2.75, 3.05) is 5.32 Å². The number of hydrogen-bond acceptors (Lipinski definition) is 5. The number of amides is 3. The van der Waals surface area contributed by atoms with Crippen LogP contribution in [-0.4, -0.2) is 17.7 Å². The van der Waals surface area contributed by atoms with Crippen molar-refractivity contribution in [3.8, 4) is 6.07 Å². The van der Waals surface area contributed by atoms with Gasteiger partial charge >= 0.3 is 11.8 Å². The lowest BCUT2D eigenvalue weighted by molar-refractivity contribution is -0.136. The summed E-state index contributed by atoms with van der Waals surface area (Å²) in [5.41, 5.74) is 1.30. The van der Waals surface area contributed by atoms with E-state index in [9.17, 15) is 19.6 Å². The Balaban J connectivity index is 1.55. The number of carbonyl (C=O) groups excluding carboxylic acids is 3. The lowest BCUT2D eigenvalue weighted by Crippen LogP contribution is -2.34. The molecule has 0 aliphatic carbocycles. The molecule has 3 N–H and O–H groups in total. The molecule has 8 nitrogen and oxygen atoms in total. The summed E-state index contributed by atoms with van der Waals surface area (Å²) in [4.78, 5) is 36.4. The Morgan fingerprint density at radius 3 is 2.27 bits per heavy atom. The average molecular weight is 442 g/mol. The van der Waals surface area contributed by atoms with Gasteiger partial charge in [-0.3, -0.25) is 14.4 Å². The first-order chi connectivity index (χ1) is 16.0. The van der Waals surface area contributed by atoms with Crippen molar-refractivity contribution in [2.45, 2.75) is 19.5 Å². The molecule has 0 bridgehead atoms. The average Bonchev–Trinajstić information content (AvgIpc) is 3.29. The van der Waals surface area contributed by atoms with Crippen LogP contribution in [0.2, 0.25) is 0 Å². The molecule has 3 amide bonds. The Morgan fingerprint density at radius 1 is 0.939 bits per heavy atom. The fourth-order valence-electron chi connectivity index (χ4n) is 2.91. The van der Waals surface area contributed by atoms with E-state index in [0.717, 1.165) is 5.56 Å². The summed E-state index contributed by atoms with van der Waals surface area (Å²) in [6, 6.07) is 22.7. The summed E-state index contributed by atoms with van der Waals surface area (Å²) in [5, 5.41) is 17.1. The van der Waals surface area contributed by atoms with Gasteiger partial charge in [-0.15, -0.1) is 0 Å². The monoisotopic (exact) mass is 442 g/mol. The molecular formula is C25H22N4O4. The zero-order valence-corrected chi connectivity index (χ0v) is 17.9. The molecule has 166 valence electrons. The molecule has 0 fully saturated rings. The largest absolute Gasteiger partial charge is 0.460 e. The summed E-state index contributed by atoms with van der Waals surface area (Å²) >= 11 is 0. The molecule has 0 unspecified atom stereocenters. The van der Waals surface area contributed by atoms with Crippen LogP contribution in [0.5, 0.6) is 0 Å². The molecule has 0 radical (unpaired) electrons. The second-order valence-electron chi connectivity index (χ2n) is 7.08. The lowest BCUT2D eigenvalue weighted by atomic mass is 10.1. The van der Waals surface area contributed by atoms with Gasteiger partial charge in [0.25, 0.3) is 5.91 Å². The lowest BCUT2D eigenvalue weighted by Gasteiger charge is -2.13. The summed E-state index contributed by atoms with van der Waals surface area (Å²) in [5.74, 6) is -1.52. The highest BCUT2D eigenvalue weighted by Crippen LogP contribution is 2.15. The van der Waals surface area contributed by atoms with E-state index in [1.807, 2.05) is 43.3 Å². The minimum atomic E-state index is -0.820. The van der Waals surface area contributed by atoms with Gasteiger partial charge in [-0.25, -0.2) is 0 Å². The van der Waals surface area contributed by atoms with Crippen molar-refractivity contribution in [1.29, 1.82) is 5.26 Å². The molecule has 2 aromatic carbocycles. The molecule has 0 spiro atoms. The normalized spacial score (nSPS) is 11.7. The Hall–Kier alpha value is -4.64. The summed E-state index contributed by atoms with van der Waals surface area (Å²) in [7, 11) is 0. The molecule has 1 atom stereocenters. The Labute approximate surface area is 190 Å². The van der Waals surface area contributed by atoms with Crippen molar-refractivity contribution >= 4 is 29.5 Å². The van der Waals surface area contributed by atoms with Crippen LogP contribution >= 0.6 is 0 Å². The van der Waals surface area contributed by atoms with Crippen LogP contribution in [0.3, 0.4) is 0 Å². The van der Waals surface area contributed by atoms with Crippen LogP contribution in [0, 0.1) is 11.3 Å². The highest BCUT2D eigenvalue weighted by molar-refractivity contribution is 6.39. The zero-order valence-electron chi connectivity index (χ0n) is 17.9. The van der Waals surface area contributed by atoms with E-state index >= 15 is 0 Å². The van der Waals surface area contributed by atoms with Crippen molar-refractivity contribution in [3.05, 3.63) is 95.5 Å². The highest BCUT2D eigenvalue weighted by Gasteiger charge is 2.16. The fourth-order valence-corrected chi connectivity index (χ4v) is 2.91. The van der Waals surface area contributed by atoms with E-state index in [1.54, 1.807) is 42.5 Å². The van der Waals surface area contributed by atoms with Crippen LogP contribution in [0.4, 0.5) is 5.69 Å². The van der Waals surface area contributed by atoms with Crippen molar-refractivity contribution in [2.24, 2.45) is 0 Å². The minimum absolute atomic E-state index is 0.0337. The highest BCUT2D eigenvalue weighted by atomic mass is 16.3. The number of furan rings is 1. The number of nitrogens with zero attached hydrogens (tertiary/aromatic N) is 1. The topological polar surface area (TPSA) is 124 Å². The van der Waals surface area contributed by atoms with Gasteiger partial charge in [0.2, 0.25) is 0 Å². The molecule has 0 saturated heterocycles. The van der Waals surface area contributed by atoms with Gasteiger partial charge in [-0.05, 0) is 36.8 Å². The maximum atomic E-state index is 12.5.